The van der Waals surface area contributed by atoms with Gasteiger partial charge in [-0.15, -0.1) is 17.7 Å². The van der Waals surface area contributed by atoms with E-state index in [9.17, 15) is 0 Å². The zero-order chi connectivity index (χ0) is 12.9. The zero-order valence-corrected chi connectivity index (χ0v) is 12.3. The molecule has 2 aliphatic carbocycles. The number of hydrogen-bond donors (Lipinski definition) is 0. The van der Waals surface area contributed by atoms with Gasteiger partial charge in [0.1, 0.15) is 0 Å². The molecule has 0 heterocycles. The van der Waals surface area contributed by atoms with Gasteiger partial charge in [-0.3, -0.25) is 5.92 Å². The summed E-state index contributed by atoms with van der Waals surface area (Å²) in [5.41, 5.74) is 0.826. The zero-order valence-electron chi connectivity index (χ0n) is 10.4. The summed E-state index contributed by atoms with van der Waals surface area (Å²) < 4.78 is 0. The van der Waals surface area contributed by atoms with Gasteiger partial charge in [0.25, 0.3) is 0 Å². The molecular formula is C18H15Er-. The first-order valence-electron chi connectivity index (χ1n) is 5.74. The summed E-state index contributed by atoms with van der Waals surface area (Å²) in [5.74, 6) is 2.28. The van der Waals surface area contributed by atoms with Crippen molar-refractivity contribution >= 4 is 0 Å². The predicted octanol–water partition coefficient (Wildman–Crippen LogP) is 3.67. The van der Waals surface area contributed by atoms with Crippen LogP contribution >= 0.6 is 0 Å². The second-order valence-electron chi connectivity index (χ2n) is 3.42. The van der Waals surface area contributed by atoms with Crippen molar-refractivity contribution < 1.29 is 37.3 Å². The van der Waals surface area contributed by atoms with Crippen LogP contribution in [0.5, 0.6) is 0 Å². The summed E-state index contributed by atoms with van der Waals surface area (Å²) in [4.78, 5) is 0. The van der Waals surface area contributed by atoms with E-state index in [1.165, 1.54) is 0 Å². The van der Waals surface area contributed by atoms with Gasteiger partial charge in [-0.2, -0.15) is 0 Å². The van der Waals surface area contributed by atoms with Crippen LogP contribution in [0.2, 0.25) is 0 Å². The molecule has 1 aromatic carbocycles. The Hall–Kier alpha value is 0.0268. The first-order chi connectivity index (χ1) is 8.93. The van der Waals surface area contributed by atoms with E-state index in [-0.39, 0.29) is 37.3 Å². The van der Waals surface area contributed by atoms with Crippen molar-refractivity contribution in [2.24, 2.45) is 0 Å². The van der Waals surface area contributed by atoms with Crippen molar-refractivity contribution in [2.75, 3.05) is 0 Å². The number of rotatable bonds is 0. The summed E-state index contributed by atoms with van der Waals surface area (Å²) in [7, 11) is 0. The number of benzene rings is 1. The molecule has 0 aliphatic heterocycles. The summed E-state index contributed by atoms with van der Waals surface area (Å²) in [6.45, 7) is 0. The van der Waals surface area contributed by atoms with Crippen LogP contribution in [0.25, 0.3) is 0 Å². The van der Waals surface area contributed by atoms with E-state index in [1.54, 1.807) is 0 Å². The minimum atomic E-state index is 0. The number of hydrogen-bond acceptors (Lipinski definition) is 0. The van der Waals surface area contributed by atoms with Crippen molar-refractivity contribution in [3.8, 4) is 5.92 Å². The Morgan fingerprint density at radius 3 is 1.11 bits per heavy atom. The maximum Gasteiger partial charge on any atom is 0 e. The van der Waals surface area contributed by atoms with Gasteiger partial charge >= 0.3 is 0 Å². The van der Waals surface area contributed by atoms with E-state index in [1.807, 2.05) is 94.5 Å². The van der Waals surface area contributed by atoms with Crippen molar-refractivity contribution in [1.82, 2.24) is 0 Å². The monoisotopic (exact) mass is 397 g/mol. The second kappa shape index (κ2) is 14.4. The fourth-order valence-electron chi connectivity index (χ4n) is 1.16. The third kappa shape index (κ3) is 11.5. The van der Waals surface area contributed by atoms with Gasteiger partial charge in [0.15, 0.2) is 0 Å². The molecule has 0 amide bonds. The van der Waals surface area contributed by atoms with Crippen LogP contribution in [0.4, 0.5) is 0 Å². The van der Waals surface area contributed by atoms with Crippen molar-refractivity contribution in [3.63, 3.8) is 0 Å². The molecule has 0 spiro atoms. The van der Waals surface area contributed by atoms with E-state index < -0.39 is 0 Å². The first kappa shape index (κ1) is 19.0. The molecule has 10 radical (unpaired) electrons. The largest absolute Gasteiger partial charge is 0.366 e. The molecule has 3 rings (SSSR count). The van der Waals surface area contributed by atoms with Crippen LogP contribution < -0.4 is 0 Å². The molecule has 100 valence electrons. The van der Waals surface area contributed by atoms with Crippen LogP contribution in [-0.4, -0.2) is 0 Å². The van der Waals surface area contributed by atoms with Gasteiger partial charge in [-0.25, -0.2) is 0 Å². The molecule has 19 heavy (non-hydrogen) atoms. The van der Waals surface area contributed by atoms with Crippen molar-refractivity contribution in [2.45, 2.75) is 0 Å². The topological polar surface area (TPSA) is 0 Å². The van der Waals surface area contributed by atoms with Crippen molar-refractivity contribution in [1.29, 1.82) is 0 Å². The molecule has 2 aliphatic rings. The van der Waals surface area contributed by atoms with Crippen LogP contribution in [0, 0.1) is 114 Å². The fourth-order valence-corrected chi connectivity index (χ4v) is 1.16. The smallest absolute Gasteiger partial charge is 0 e. The fraction of sp³-hybridized carbons (Fsp3) is 0. The summed E-state index contributed by atoms with van der Waals surface area (Å²) in [6, 6.07) is 9.37. The first-order valence-corrected chi connectivity index (χ1v) is 5.74. The van der Waals surface area contributed by atoms with E-state index in [4.69, 9.17) is 6.42 Å². The van der Waals surface area contributed by atoms with Crippen molar-refractivity contribution in [3.05, 3.63) is 107 Å². The molecule has 2 saturated carbocycles. The SMILES string of the molecule is [C-]#Cc1ccccc1.[CH]1[CH][CH][CH][CH]1.[CH]1[CH][CH][CH][CH]1.[Er]. The van der Waals surface area contributed by atoms with E-state index in [2.05, 4.69) is 5.92 Å². The molecular weight excluding hydrogens is 383 g/mol. The van der Waals surface area contributed by atoms with Crippen LogP contribution in [-0.2, 0) is 0 Å². The molecule has 0 aromatic heterocycles. The average Bonchev–Trinajstić information content (AvgIpc) is 3.17. The van der Waals surface area contributed by atoms with Crippen LogP contribution in [0.15, 0.2) is 30.3 Å². The maximum absolute atomic E-state index is 6.69. The standard InChI is InChI=1S/C8H5.2C5H5.Er/c1-2-8-6-4-3-5-7-8;2*1-2-4-5-3-1;/h3-7H;2*1-5H;/q-1;;;. The second-order valence-corrected chi connectivity index (χ2v) is 3.42. The third-order valence-electron chi connectivity index (χ3n) is 2.03. The van der Waals surface area contributed by atoms with E-state index in [0.717, 1.165) is 5.56 Å². The summed E-state index contributed by atoms with van der Waals surface area (Å²) in [6.07, 6.45) is 26.7. The van der Waals surface area contributed by atoms with Gasteiger partial charge in [0.2, 0.25) is 0 Å². The minimum absolute atomic E-state index is 0. The molecule has 0 nitrogen and oxygen atoms in total. The molecule has 2 fully saturated rings. The Bertz CT molecular complexity index is 290. The molecule has 0 unspecified atom stereocenters. The van der Waals surface area contributed by atoms with Crippen LogP contribution in [0.1, 0.15) is 5.56 Å². The van der Waals surface area contributed by atoms with E-state index >= 15 is 0 Å². The molecule has 1 aromatic rings. The molecule has 1 heteroatoms. The summed E-state index contributed by atoms with van der Waals surface area (Å²) in [5, 5.41) is 0. The quantitative estimate of drug-likeness (QED) is 0.462. The van der Waals surface area contributed by atoms with Crippen LogP contribution in [0.3, 0.4) is 0 Å². The maximum atomic E-state index is 6.69. The van der Waals surface area contributed by atoms with E-state index in [0.29, 0.717) is 0 Å². The molecule has 0 saturated heterocycles. The Labute approximate surface area is 149 Å². The minimum Gasteiger partial charge on any atom is -0.366 e. The Morgan fingerprint density at radius 1 is 0.579 bits per heavy atom. The molecule has 0 N–H and O–H groups in total. The molecule has 0 atom stereocenters. The van der Waals surface area contributed by atoms with Gasteiger partial charge < -0.3 is 6.42 Å². The predicted molar refractivity (Wildman–Crippen MR) is 75.7 cm³/mol. The Morgan fingerprint density at radius 2 is 0.895 bits per heavy atom. The average molecular weight is 399 g/mol. The normalized spacial score (nSPS) is 15.9. The van der Waals surface area contributed by atoms with Gasteiger partial charge in [-0.05, 0) is 64.2 Å². The summed E-state index contributed by atoms with van der Waals surface area (Å²) >= 11 is 0. The van der Waals surface area contributed by atoms with Gasteiger partial charge in [0.05, 0.1) is 0 Å². The Kier molecular flexibility index (Phi) is 14.5. The Balaban J connectivity index is 0.000000259. The van der Waals surface area contributed by atoms with Gasteiger partial charge in [0, 0.05) is 37.3 Å². The molecule has 0 bridgehead atoms. The van der Waals surface area contributed by atoms with Gasteiger partial charge in [-0.1, -0.05) is 18.2 Å². The third-order valence-corrected chi connectivity index (χ3v) is 2.03.